The van der Waals surface area contributed by atoms with E-state index >= 15 is 0 Å². The molecule has 0 heterocycles. The molecule has 0 atom stereocenters. The number of hydrogen-bond acceptors (Lipinski definition) is 6. The zero-order chi connectivity index (χ0) is 18.8. The van der Waals surface area contributed by atoms with E-state index in [0.29, 0.717) is 33.6 Å². The number of anilines is 2. The Balaban J connectivity index is 2.23. The average Bonchev–Trinajstić information content (AvgIpc) is 2.62. The van der Waals surface area contributed by atoms with Crippen LogP contribution in [0.2, 0.25) is 0 Å². The molecule has 0 bridgehead atoms. The number of ketones is 2. The van der Waals surface area contributed by atoms with Gasteiger partial charge in [-0.1, -0.05) is 24.3 Å². The zero-order valence-electron chi connectivity index (χ0n) is 15.2. The van der Waals surface area contributed by atoms with Crippen LogP contribution in [0.15, 0.2) is 46.6 Å². The molecular weight excluding hydrogens is 328 g/mol. The first-order valence-corrected chi connectivity index (χ1v) is 8.29. The summed E-state index contributed by atoms with van der Waals surface area (Å²) in [6.07, 6.45) is 0. The first-order chi connectivity index (χ1) is 12.4. The van der Waals surface area contributed by atoms with Crippen molar-refractivity contribution < 1.29 is 9.59 Å². The molecule has 0 amide bonds. The Hall–Kier alpha value is -3.28. The van der Waals surface area contributed by atoms with Crippen molar-refractivity contribution in [2.75, 3.05) is 10.9 Å². The Morgan fingerprint density at radius 2 is 1.08 bits per heavy atom. The third-order valence-corrected chi connectivity index (χ3v) is 3.88. The zero-order valence-corrected chi connectivity index (χ0v) is 15.2. The van der Waals surface area contributed by atoms with Gasteiger partial charge in [0, 0.05) is 22.6 Å². The van der Waals surface area contributed by atoms with Gasteiger partial charge in [-0.2, -0.15) is 10.2 Å². The normalized spacial score (nSPS) is 12.0. The molecule has 1 aliphatic rings. The second kappa shape index (κ2) is 6.92. The Bertz CT molecular complexity index is 888. The maximum atomic E-state index is 13.1. The molecule has 0 radical (unpaired) electrons. The highest BCUT2D eigenvalue weighted by atomic mass is 16.1. The summed E-state index contributed by atoms with van der Waals surface area (Å²) in [7, 11) is 0. The minimum atomic E-state index is -0.206. The van der Waals surface area contributed by atoms with E-state index in [1.165, 1.54) is 0 Å². The molecule has 6 nitrogen and oxygen atoms in total. The standard InChI is InChI=1S/C20H20N4O2/c1-11(2)21-23-15-9-10-16(24-22-12(3)4)18-17(15)19(25)13-7-5-6-8-14(13)20(18)26/h5-10,23-24H,1-4H3. The lowest BCUT2D eigenvalue weighted by molar-refractivity contribution is 0.0980. The summed E-state index contributed by atoms with van der Waals surface area (Å²) in [6.45, 7) is 7.37. The van der Waals surface area contributed by atoms with Gasteiger partial charge in [0.15, 0.2) is 11.6 Å². The maximum Gasteiger partial charge on any atom is 0.196 e. The number of fused-ring (bicyclic) bond motifs is 2. The second-order valence-corrected chi connectivity index (χ2v) is 6.46. The van der Waals surface area contributed by atoms with Crippen molar-refractivity contribution in [3.8, 4) is 0 Å². The molecule has 0 saturated carbocycles. The van der Waals surface area contributed by atoms with E-state index in [1.807, 2.05) is 27.7 Å². The molecule has 132 valence electrons. The number of nitrogens with one attached hydrogen (secondary N) is 2. The molecule has 0 spiro atoms. The summed E-state index contributed by atoms with van der Waals surface area (Å²) in [6, 6.07) is 10.3. The summed E-state index contributed by atoms with van der Waals surface area (Å²) < 4.78 is 0. The molecule has 26 heavy (non-hydrogen) atoms. The summed E-state index contributed by atoms with van der Waals surface area (Å²) in [5.74, 6) is -0.412. The quantitative estimate of drug-likeness (QED) is 0.550. The van der Waals surface area contributed by atoms with Gasteiger partial charge in [0.25, 0.3) is 0 Å². The molecule has 2 aromatic rings. The van der Waals surface area contributed by atoms with Gasteiger partial charge in [0.05, 0.1) is 22.5 Å². The largest absolute Gasteiger partial charge is 0.288 e. The highest BCUT2D eigenvalue weighted by Gasteiger charge is 2.33. The van der Waals surface area contributed by atoms with Gasteiger partial charge in [-0.05, 0) is 39.8 Å². The molecule has 3 rings (SSSR count). The number of hydrazone groups is 2. The molecule has 1 aliphatic carbocycles. The number of carbonyl (C=O) groups is 2. The average molecular weight is 348 g/mol. The van der Waals surface area contributed by atoms with Crippen LogP contribution in [0.4, 0.5) is 11.4 Å². The lowest BCUT2D eigenvalue weighted by Gasteiger charge is -2.22. The van der Waals surface area contributed by atoms with Gasteiger partial charge >= 0.3 is 0 Å². The van der Waals surface area contributed by atoms with E-state index in [2.05, 4.69) is 21.1 Å². The van der Waals surface area contributed by atoms with Crippen LogP contribution < -0.4 is 10.9 Å². The fraction of sp³-hybridized carbons (Fsp3) is 0.200. The van der Waals surface area contributed by atoms with Crippen molar-refractivity contribution in [3.63, 3.8) is 0 Å². The smallest absolute Gasteiger partial charge is 0.196 e. The van der Waals surface area contributed by atoms with E-state index in [-0.39, 0.29) is 11.6 Å². The molecule has 0 fully saturated rings. The van der Waals surface area contributed by atoms with Crippen molar-refractivity contribution in [1.29, 1.82) is 0 Å². The maximum absolute atomic E-state index is 13.1. The van der Waals surface area contributed by atoms with E-state index < -0.39 is 0 Å². The monoisotopic (exact) mass is 348 g/mol. The molecule has 6 heteroatoms. The number of benzene rings is 2. The predicted molar refractivity (Wildman–Crippen MR) is 105 cm³/mol. The first-order valence-electron chi connectivity index (χ1n) is 8.29. The van der Waals surface area contributed by atoms with Crippen molar-refractivity contribution in [1.82, 2.24) is 0 Å². The highest BCUT2D eigenvalue weighted by Crippen LogP contribution is 2.36. The summed E-state index contributed by atoms with van der Waals surface area (Å²) in [5.41, 5.74) is 9.83. The summed E-state index contributed by atoms with van der Waals surface area (Å²) >= 11 is 0. The van der Waals surface area contributed by atoms with E-state index in [9.17, 15) is 9.59 Å². The van der Waals surface area contributed by atoms with Crippen LogP contribution in [0.3, 0.4) is 0 Å². The van der Waals surface area contributed by atoms with Crippen LogP contribution in [0.1, 0.15) is 59.5 Å². The van der Waals surface area contributed by atoms with Gasteiger partial charge in [0.2, 0.25) is 0 Å². The van der Waals surface area contributed by atoms with Gasteiger partial charge in [-0.25, -0.2) is 0 Å². The minimum absolute atomic E-state index is 0.206. The lowest BCUT2D eigenvalue weighted by atomic mass is 9.82. The molecule has 2 aromatic carbocycles. The van der Waals surface area contributed by atoms with Crippen LogP contribution in [-0.4, -0.2) is 23.0 Å². The molecule has 0 aliphatic heterocycles. The van der Waals surface area contributed by atoms with Crippen molar-refractivity contribution in [2.24, 2.45) is 10.2 Å². The van der Waals surface area contributed by atoms with E-state index in [1.54, 1.807) is 36.4 Å². The predicted octanol–water partition coefficient (Wildman–Crippen LogP) is 4.08. The Morgan fingerprint density at radius 3 is 1.42 bits per heavy atom. The first kappa shape index (κ1) is 17.5. The van der Waals surface area contributed by atoms with Gasteiger partial charge in [-0.15, -0.1) is 0 Å². The third kappa shape index (κ3) is 3.13. The fourth-order valence-electron chi connectivity index (χ4n) is 2.75. The lowest BCUT2D eigenvalue weighted by Crippen LogP contribution is -2.23. The number of nitrogens with zero attached hydrogens (tertiary/aromatic N) is 2. The van der Waals surface area contributed by atoms with E-state index in [4.69, 9.17) is 0 Å². The SMILES string of the molecule is CC(C)=NNc1ccc(NN=C(C)C)c2c1C(=O)c1ccccc1C2=O. The van der Waals surface area contributed by atoms with Crippen LogP contribution in [-0.2, 0) is 0 Å². The van der Waals surface area contributed by atoms with Gasteiger partial charge < -0.3 is 0 Å². The van der Waals surface area contributed by atoms with Gasteiger partial charge in [-0.3, -0.25) is 20.4 Å². The third-order valence-electron chi connectivity index (χ3n) is 3.88. The molecule has 0 aromatic heterocycles. The second-order valence-electron chi connectivity index (χ2n) is 6.46. The molecule has 0 unspecified atom stereocenters. The Kier molecular flexibility index (Phi) is 4.67. The fourth-order valence-corrected chi connectivity index (χ4v) is 2.75. The summed E-state index contributed by atoms with van der Waals surface area (Å²) in [5, 5.41) is 8.35. The Morgan fingerprint density at radius 1 is 0.692 bits per heavy atom. The summed E-state index contributed by atoms with van der Waals surface area (Å²) in [4.78, 5) is 26.2. The van der Waals surface area contributed by atoms with Crippen LogP contribution in [0.5, 0.6) is 0 Å². The number of carbonyl (C=O) groups excluding carboxylic acids is 2. The van der Waals surface area contributed by atoms with Crippen molar-refractivity contribution >= 4 is 34.4 Å². The minimum Gasteiger partial charge on any atom is -0.288 e. The number of rotatable bonds is 4. The van der Waals surface area contributed by atoms with Crippen molar-refractivity contribution in [3.05, 3.63) is 58.7 Å². The molecule has 2 N–H and O–H groups in total. The highest BCUT2D eigenvalue weighted by molar-refractivity contribution is 6.31. The van der Waals surface area contributed by atoms with Crippen molar-refractivity contribution in [2.45, 2.75) is 27.7 Å². The van der Waals surface area contributed by atoms with Crippen LogP contribution in [0, 0.1) is 0 Å². The van der Waals surface area contributed by atoms with Gasteiger partial charge in [0.1, 0.15) is 0 Å². The van der Waals surface area contributed by atoms with Crippen LogP contribution in [0.25, 0.3) is 0 Å². The van der Waals surface area contributed by atoms with E-state index in [0.717, 1.165) is 11.4 Å². The molecular formula is C20H20N4O2. The Labute approximate surface area is 152 Å². The molecule has 0 saturated heterocycles. The van der Waals surface area contributed by atoms with Crippen LogP contribution >= 0.6 is 0 Å². The topological polar surface area (TPSA) is 82.9 Å². The number of hydrogen-bond donors (Lipinski definition) is 2.